The third-order valence-corrected chi connectivity index (χ3v) is 4.06. The first kappa shape index (κ1) is 25.1. The van der Waals surface area contributed by atoms with Crippen molar-refractivity contribution >= 4 is 30.7 Å². The van der Waals surface area contributed by atoms with Crippen molar-refractivity contribution in [2.75, 3.05) is 12.0 Å². The first-order valence-electron chi connectivity index (χ1n) is 8.58. The van der Waals surface area contributed by atoms with Crippen molar-refractivity contribution in [1.29, 1.82) is 0 Å². The molecule has 7 N–H and O–H groups in total. The Morgan fingerprint density at radius 1 is 1.33 bits per heavy atom. The number of nitrogens with two attached hydrogens (primary N) is 1. The molecule has 11 nitrogen and oxygen atoms in total. The minimum absolute atomic E-state index is 0.295. The number of halogens is 3. The highest BCUT2D eigenvalue weighted by molar-refractivity contribution is 6.43. The lowest BCUT2D eigenvalue weighted by atomic mass is 9.78. The van der Waals surface area contributed by atoms with E-state index in [1.165, 1.54) is 17.2 Å². The minimum atomic E-state index is -5.08. The number of anilines is 1. The Bertz CT molecular complexity index is 749. The van der Waals surface area contributed by atoms with Crippen LogP contribution in [0.2, 0.25) is 0 Å². The average molecular weight is 435 g/mol. The van der Waals surface area contributed by atoms with Crippen molar-refractivity contribution in [3.8, 4) is 0 Å². The van der Waals surface area contributed by atoms with Crippen LogP contribution in [-0.4, -0.2) is 74.6 Å². The zero-order valence-corrected chi connectivity index (χ0v) is 15.8. The molecular formula is C15H21BF3N5O6. The SMILES string of the molecule is C[C@@H](NC(=O)c1ccc(NN)nc1)C(=O)N1CCC[C@H]1B(O)O.O=C(O)C(F)(F)F. The number of aromatic nitrogens is 1. The van der Waals surface area contributed by atoms with E-state index in [2.05, 4.69) is 15.7 Å². The van der Waals surface area contributed by atoms with E-state index in [1.54, 1.807) is 13.0 Å². The highest BCUT2D eigenvalue weighted by atomic mass is 19.4. The second-order valence-electron chi connectivity index (χ2n) is 6.23. The second kappa shape index (κ2) is 10.8. The molecule has 2 heterocycles. The van der Waals surface area contributed by atoms with E-state index in [9.17, 15) is 32.8 Å². The molecule has 1 aliphatic rings. The molecule has 166 valence electrons. The molecule has 0 unspecified atom stereocenters. The number of carboxylic acids is 1. The van der Waals surface area contributed by atoms with Gasteiger partial charge in [-0.3, -0.25) is 9.59 Å². The predicted octanol–water partition coefficient (Wildman–Crippen LogP) is -0.878. The first-order chi connectivity index (χ1) is 13.9. The maximum Gasteiger partial charge on any atom is 0.490 e. The summed E-state index contributed by atoms with van der Waals surface area (Å²) in [5.74, 6) is 1.45. The van der Waals surface area contributed by atoms with Gasteiger partial charge in [-0.1, -0.05) is 0 Å². The number of nitrogens with one attached hydrogen (secondary N) is 2. The number of nitrogen functional groups attached to an aromatic ring is 1. The van der Waals surface area contributed by atoms with Gasteiger partial charge in [0.05, 0.1) is 11.5 Å². The number of hydrogen-bond donors (Lipinski definition) is 6. The number of carbonyl (C=O) groups excluding carboxylic acids is 2. The summed E-state index contributed by atoms with van der Waals surface area (Å²) in [7, 11) is -1.58. The lowest BCUT2D eigenvalue weighted by Crippen LogP contribution is -2.52. The number of amides is 2. The van der Waals surface area contributed by atoms with E-state index >= 15 is 0 Å². The summed E-state index contributed by atoms with van der Waals surface area (Å²) in [5, 5.41) is 28.3. The highest BCUT2D eigenvalue weighted by Gasteiger charge is 2.39. The van der Waals surface area contributed by atoms with Crippen LogP contribution in [0.3, 0.4) is 0 Å². The van der Waals surface area contributed by atoms with Crippen LogP contribution in [0.15, 0.2) is 18.3 Å². The van der Waals surface area contributed by atoms with Gasteiger partial charge in [0.1, 0.15) is 11.9 Å². The molecule has 1 aromatic heterocycles. The van der Waals surface area contributed by atoms with Gasteiger partial charge in [-0.05, 0) is 31.9 Å². The molecule has 0 aliphatic carbocycles. The van der Waals surface area contributed by atoms with E-state index < -0.39 is 37.2 Å². The Balaban J connectivity index is 0.000000553. The van der Waals surface area contributed by atoms with Crippen LogP contribution in [-0.2, 0) is 9.59 Å². The zero-order valence-electron chi connectivity index (χ0n) is 15.8. The lowest BCUT2D eigenvalue weighted by Gasteiger charge is -2.27. The van der Waals surface area contributed by atoms with Crippen molar-refractivity contribution in [2.45, 2.75) is 37.9 Å². The summed E-state index contributed by atoms with van der Waals surface area (Å²) in [6.07, 6.45) is -2.51. The number of rotatable bonds is 5. The summed E-state index contributed by atoms with van der Waals surface area (Å²) >= 11 is 0. The highest BCUT2D eigenvalue weighted by Crippen LogP contribution is 2.19. The Kier molecular flexibility index (Phi) is 9.01. The molecule has 2 rings (SSSR count). The number of aliphatic carboxylic acids is 1. The summed E-state index contributed by atoms with van der Waals surface area (Å²) < 4.78 is 31.7. The minimum Gasteiger partial charge on any atom is -0.475 e. The monoisotopic (exact) mass is 435 g/mol. The van der Waals surface area contributed by atoms with Crippen molar-refractivity contribution in [3.63, 3.8) is 0 Å². The number of nitrogens with zero attached hydrogens (tertiary/aromatic N) is 2. The van der Waals surface area contributed by atoms with Gasteiger partial charge in [-0.25, -0.2) is 15.6 Å². The number of carbonyl (C=O) groups is 3. The molecule has 15 heteroatoms. The fraction of sp³-hybridized carbons (Fsp3) is 0.467. The number of alkyl halides is 3. The molecule has 1 fully saturated rings. The first-order valence-corrected chi connectivity index (χ1v) is 8.58. The molecule has 0 spiro atoms. The van der Waals surface area contributed by atoms with Crippen molar-refractivity contribution in [1.82, 2.24) is 15.2 Å². The Morgan fingerprint density at radius 2 is 1.93 bits per heavy atom. The molecule has 0 saturated carbocycles. The van der Waals surface area contributed by atoms with Gasteiger partial charge in [-0.15, -0.1) is 0 Å². The summed E-state index contributed by atoms with van der Waals surface area (Å²) in [6, 6.07) is 2.29. The molecular weight excluding hydrogens is 414 g/mol. The molecule has 30 heavy (non-hydrogen) atoms. The summed E-state index contributed by atoms with van der Waals surface area (Å²) in [4.78, 5) is 38.7. The predicted molar refractivity (Wildman–Crippen MR) is 97.6 cm³/mol. The van der Waals surface area contributed by atoms with Crippen LogP contribution >= 0.6 is 0 Å². The third-order valence-electron chi connectivity index (χ3n) is 4.06. The zero-order chi connectivity index (χ0) is 23.1. The smallest absolute Gasteiger partial charge is 0.475 e. The molecule has 0 bridgehead atoms. The largest absolute Gasteiger partial charge is 0.490 e. The van der Waals surface area contributed by atoms with Crippen molar-refractivity contribution in [2.24, 2.45) is 5.84 Å². The number of carboxylic acid groups (broad SMARTS) is 1. The molecule has 2 atom stereocenters. The number of hydrogen-bond acceptors (Lipinski definition) is 8. The van der Waals surface area contributed by atoms with Gasteiger partial charge in [0.15, 0.2) is 0 Å². The topological polar surface area (TPSA) is 178 Å². The van der Waals surface area contributed by atoms with E-state index in [4.69, 9.17) is 15.7 Å². The quantitative estimate of drug-likeness (QED) is 0.195. The lowest BCUT2D eigenvalue weighted by molar-refractivity contribution is -0.192. The van der Waals surface area contributed by atoms with Crippen LogP contribution in [0.25, 0.3) is 0 Å². The maximum atomic E-state index is 12.4. The molecule has 0 radical (unpaired) electrons. The number of likely N-dealkylation sites (tertiary alicyclic amines) is 1. The number of pyridine rings is 1. The Morgan fingerprint density at radius 3 is 2.37 bits per heavy atom. The standard InChI is InChI=1S/C13H20BN5O4.C2HF3O2/c1-8(13(21)19-6-2-3-10(19)14(22)23)17-12(20)9-4-5-11(18-15)16-7-9;3-2(4,5)1(6)7/h4-5,7-8,10,22-23H,2-3,6,15H2,1H3,(H,16,18)(H,17,20);(H,6,7)/t8-,10+;/m1./s1. The van der Waals surface area contributed by atoms with Crippen molar-refractivity contribution < 1.29 is 42.7 Å². The average Bonchev–Trinajstić information content (AvgIpc) is 3.17. The van der Waals surface area contributed by atoms with Gasteiger partial charge in [-0.2, -0.15) is 13.2 Å². The molecule has 0 aromatic carbocycles. The van der Waals surface area contributed by atoms with Crippen LogP contribution in [0.1, 0.15) is 30.1 Å². The van der Waals surface area contributed by atoms with Gasteiger partial charge in [0, 0.05) is 12.7 Å². The molecule has 1 aliphatic heterocycles. The normalized spacial score (nSPS) is 16.8. The molecule has 2 amide bonds. The van der Waals surface area contributed by atoms with Crippen LogP contribution < -0.4 is 16.6 Å². The Labute approximate surface area is 169 Å². The molecule has 1 aromatic rings. The van der Waals surface area contributed by atoms with Crippen molar-refractivity contribution in [3.05, 3.63) is 23.9 Å². The van der Waals surface area contributed by atoms with Crippen LogP contribution in [0.5, 0.6) is 0 Å². The Hall–Kier alpha value is -2.91. The number of hydrazine groups is 1. The fourth-order valence-corrected chi connectivity index (χ4v) is 2.58. The van der Waals surface area contributed by atoms with Gasteiger partial charge in [0.2, 0.25) is 5.91 Å². The van der Waals surface area contributed by atoms with E-state index in [0.717, 1.165) is 0 Å². The fourth-order valence-electron chi connectivity index (χ4n) is 2.58. The van der Waals surface area contributed by atoms with Gasteiger partial charge in [0.25, 0.3) is 5.91 Å². The van der Waals surface area contributed by atoms with E-state index in [0.29, 0.717) is 30.8 Å². The maximum absolute atomic E-state index is 12.4. The van der Waals surface area contributed by atoms with Crippen LogP contribution in [0, 0.1) is 0 Å². The van der Waals surface area contributed by atoms with Gasteiger partial charge >= 0.3 is 19.3 Å². The van der Waals surface area contributed by atoms with E-state index in [-0.39, 0.29) is 5.91 Å². The van der Waals surface area contributed by atoms with Gasteiger partial charge < -0.3 is 30.8 Å². The van der Waals surface area contributed by atoms with E-state index in [1.807, 2.05) is 0 Å². The summed E-state index contributed by atoms with van der Waals surface area (Å²) in [6.45, 7) is 2.00. The van der Waals surface area contributed by atoms with Crippen LogP contribution in [0.4, 0.5) is 19.0 Å². The summed E-state index contributed by atoms with van der Waals surface area (Å²) in [5.41, 5.74) is 2.65. The third kappa shape index (κ3) is 7.16. The second-order valence-corrected chi connectivity index (χ2v) is 6.23. The molecule has 1 saturated heterocycles.